The molecule has 1 heterocycles. The molecule has 1 aromatic heterocycles. The van der Waals surface area contributed by atoms with Gasteiger partial charge in [0.1, 0.15) is 0 Å². The SMILES string of the molecule is CC(C)CN/C=C/C(=O)c1ccsc1. The third-order valence-corrected chi connectivity index (χ3v) is 2.37. The molecule has 0 fully saturated rings. The standard InChI is InChI=1S/C11H15NOS/c1-9(2)7-12-5-3-11(13)10-4-6-14-8-10/h3-6,8-9,12H,7H2,1-2H3/b5-3+. The largest absolute Gasteiger partial charge is 0.391 e. The maximum absolute atomic E-state index is 11.4. The fourth-order valence-corrected chi connectivity index (χ4v) is 1.58. The molecule has 0 saturated heterocycles. The van der Waals surface area contributed by atoms with Crippen LogP contribution in [-0.4, -0.2) is 12.3 Å². The molecule has 14 heavy (non-hydrogen) atoms. The van der Waals surface area contributed by atoms with Gasteiger partial charge >= 0.3 is 0 Å². The van der Waals surface area contributed by atoms with Crippen molar-refractivity contribution >= 4 is 17.1 Å². The number of nitrogens with one attached hydrogen (secondary N) is 1. The van der Waals surface area contributed by atoms with Gasteiger partial charge in [0.15, 0.2) is 5.78 Å². The van der Waals surface area contributed by atoms with Crippen LogP contribution in [0.4, 0.5) is 0 Å². The Morgan fingerprint density at radius 2 is 2.43 bits per heavy atom. The number of ketones is 1. The number of carbonyl (C=O) groups is 1. The average Bonchev–Trinajstić information content (AvgIpc) is 2.64. The number of thiophene rings is 1. The van der Waals surface area contributed by atoms with Crippen LogP contribution in [0.3, 0.4) is 0 Å². The van der Waals surface area contributed by atoms with Gasteiger partial charge in [0.2, 0.25) is 0 Å². The highest BCUT2D eigenvalue weighted by Crippen LogP contribution is 2.06. The third-order valence-electron chi connectivity index (χ3n) is 1.68. The molecule has 2 nitrogen and oxygen atoms in total. The Bertz CT molecular complexity index is 301. The lowest BCUT2D eigenvalue weighted by atomic mass is 10.2. The summed E-state index contributed by atoms with van der Waals surface area (Å²) in [5.41, 5.74) is 0.762. The zero-order chi connectivity index (χ0) is 10.4. The zero-order valence-electron chi connectivity index (χ0n) is 8.49. The molecular formula is C11H15NOS. The summed E-state index contributed by atoms with van der Waals surface area (Å²) in [5.74, 6) is 0.651. The molecule has 0 aliphatic carbocycles. The Kier molecular flexibility index (Phi) is 4.40. The second-order valence-electron chi connectivity index (χ2n) is 3.51. The monoisotopic (exact) mass is 209 g/mol. The van der Waals surface area contributed by atoms with Crippen LogP contribution >= 0.6 is 11.3 Å². The van der Waals surface area contributed by atoms with Gasteiger partial charge in [-0.05, 0) is 17.4 Å². The van der Waals surface area contributed by atoms with Crippen molar-refractivity contribution in [2.24, 2.45) is 5.92 Å². The molecule has 0 radical (unpaired) electrons. The van der Waals surface area contributed by atoms with E-state index < -0.39 is 0 Å². The highest BCUT2D eigenvalue weighted by Gasteiger charge is 1.99. The van der Waals surface area contributed by atoms with Crippen LogP contribution in [0.25, 0.3) is 0 Å². The Hall–Kier alpha value is -1.09. The molecule has 0 aromatic carbocycles. The van der Waals surface area contributed by atoms with Gasteiger partial charge < -0.3 is 5.32 Å². The van der Waals surface area contributed by atoms with Gasteiger partial charge in [-0.1, -0.05) is 13.8 Å². The minimum Gasteiger partial charge on any atom is -0.391 e. The summed E-state index contributed by atoms with van der Waals surface area (Å²) in [6.45, 7) is 5.15. The van der Waals surface area contributed by atoms with Crippen LogP contribution < -0.4 is 5.32 Å². The van der Waals surface area contributed by atoms with Crippen molar-refractivity contribution in [2.45, 2.75) is 13.8 Å². The van der Waals surface area contributed by atoms with Crippen molar-refractivity contribution in [3.8, 4) is 0 Å². The van der Waals surface area contributed by atoms with E-state index in [2.05, 4.69) is 19.2 Å². The molecule has 1 rings (SSSR count). The van der Waals surface area contributed by atoms with Crippen molar-refractivity contribution in [3.05, 3.63) is 34.7 Å². The number of rotatable bonds is 5. The molecule has 0 amide bonds. The molecule has 0 aliphatic heterocycles. The van der Waals surface area contributed by atoms with E-state index in [1.807, 2.05) is 16.8 Å². The summed E-state index contributed by atoms with van der Waals surface area (Å²) in [6.07, 6.45) is 3.30. The molecule has 3 heteroatoms. The van der Waals surface area contributed by atoms with E-state index in [1.54, 1.807) is 12.3 Å². The van der Waals surface area contributed by atoms with Crippen molar-refractivity contribution in [3.63, 3.8) is 0 Å². The first-order valence-corrected chi connectivity index (χ1v) is 5.61. The van der Waals surface area contributed by atoms with E-state index in [4.69, 9.17) is 0 Å². The van der Waals surface area contributed by atoms with Crippen LogP contribution in [-0.2, 0) is 0 Å². The first kappa shape index (κ1) is 11.0. The van der Waals surface area contributed by atoms with E-state index in [9.17, 15) is 4.79 Å². The smallest absolute Gasteiger partial charge is 0.188 e. The molecule has 0 aliphatic rings. The molecule has 1 N–H and O–H groups in total. The highest BCUT2D eigenvalue weighted by atomic mass is 32.1. The Morgan fingerprint density at radius 3 is 3.00 bits per heavy atom. The third kappa shape index (κ3) is 3.75. The summed E-state index contributed by atoms with van der Waals surface area (Å²) >= 11 is 1.54. The van der Waals surface area contributed by atoms with E-state index in [-0.39, 0.29) is 5.78 Å². The summed E-state index contributed by atoms with van der Waals surface area (Å²) in [4.78, 5) is 11.4. The maximum atomic E-state index is 11.4. The van der Waals surface area contributed by atoms with E-state index >= 15 is 0 Å². The van der Waals surface area contributed by atoms with Crippen LogP contribution in [0.5, 0.6) is 0 Å². The van der Waals surface area contributed by atoms with Gasteiger partial charge in [0.05, 0.1) is 0 Å². The molecule has 0 unspecified atom stereocenters. The number of hydrogen-bond acceptors (Lipinski definition) is 3. The summed E-state index contributed by atoms with van der Waals surface area (Å²) in [5, 5.41) is 6.84. The first-order valence-electron chi connectivity index (χ1n) is 4.66. The zero-order valence-corrected chi connectivity index (χ0v) is 9.30. The topological polar surface area (TPSA) is 29.1 Å². The van der Waals surface area contributed by atoms with Crippen molar-refractivity contribution in [2.75, 3.05) is 6.54 Å². The normalized spacial score (nSPS) is 11.1. The van der Waals surface area contributed by atoms with Gasteiger partial charge in [0.25, 0.3) is 0 Å². The second-order valence-corrected chi connectivity index (χ2v) is 4.29. The van der Waals surface area contributed by atoms with Gasteiger partial charge in [-0.2, -0.15) is 11.3 Å². The van der Waals surface area contributed by atoms with Crippen LogP contribution in [0.15, 0.2) is 29.1 Å². The lowest BCUT2D eigenvalue weighted by Crippen LogP contribution is -2.13. The number of hydrogen-bond donors (Lipinski definition) is 1. The molecule has 0 atom stereocenters. The van der Waals surface area contributed by atoms with Crippen LogP contribution in [0.2, 0.25) is 0 Å². The minimum atomic E-state index is 0.0579. The van der Waals surface area contributed by atoms with E-state index in [0.29, 0.717) is 5.92 Å². The van der Waals surface area contributed by atoms with Crippen molar-refractivity contribution in [1.29, 1.82) is 0 Å². The number of carbonyl (C=O) groups excluding carboxylic acids is 1. The maximum Gasteiger partial charge on any atom is 0.188 e. The van der Waals surface area contributed by atoms with Gasteiger partial charge in [-0.15, -0.1) is 0 Å². The van der Waals surface area contributed by atoms with Gasteiger partial charge in [-0.25, -0.2) is 0 Å². The van der Waals surface area contributed by atoms with Gasteiger partial charge in [-0.3, -0.25) is 4.79 Å². The Labute approximate surface area is 88.6 Å². The highest BCUT2D eigenvalue weighted by molar-refractivity contribution is 7.08. The fraction of sp³-hybridized carbons (Fsp3) is 0.364. The molecule has 0 bridgehead atoms. The first-order chi connectivity index (χ1) is 6.70. The summed E-state index contributed by atoms with van der Waals surface area (Å²) < 4.78 is 0. The van der Waals surface area contributed by atoms with Crippen LogP contribution in [0.1, 0.15) is 24.2 Å². The van der Waals surface area contributed by atoms with E-state index in [1.165, 1.54) is 11.3 Å². The number of allylic oxidation sites excluding steroid dienone is 1. The van der Waals surface area contributed by atoms with E-state index in [0.717, 1.165) is 12.1 Å². The molecule has 1 aromatic rings. The Morgan fingerprint density at radius 1 is 1.64 bits per heavy atom. The minimum absolute atomic E-state index is 0.0579. The predicted molar refractivity (Wildman–Crippen MR) is 60.6 cm³/mol. The predicted octanol–water partition coefficient (Wildman–Crippen LogP) is 2.69. The Balaban J connectivity index is 2.34. The van der Waals surface area contributed by atoms with Crippen molar-refractivity contribution < 1.29 is 4.79 Å². The lowest BCUT2D eigenvalue weighted by molar-refractivity contribution is 0.104. The molecule has 76 valence electrons. The van der Waals surface area contributed by atoms with Gasteiger partial charge in [0, 0.05) is 29.8 Å². The summed E-state index contributed by atoms with van der Waals surface area (Å²) in [6, 6.07) is 1.83. The lowest BCUT2D eigenvalue weighted by Gasteiger charge is -2.02. The summed E-state index contributed by atoms with van der Waals surface area (Å²) in [7, 11) is 0. The molecule has 0 saturated carbocycles. The molecular weight excluding hydrogens is 194 g/mol. The van der Waals surface area contributed by atoms with Crippen molar-refractivity contribution in [1.82, 2.24) is 5.32 Å². The second kappa shape index (κ2) is 5.60. The molecule has 0 spiro atoms. The quantitative estimate of drug-likeness (QED) is 0.596. The average molecular weight is 209 g/mol. The van der Waals surface area contributed by atoms with Crippen LogP contribution in [0, 0.1) is 5.92 Å². The fourth-order valence-electron chi connectivity index (χ4n) is 0.939.